The largest absolute Gasteiger partial charge is 0.495 e. The quantitative estimate of drug-likeness (QED) is 0.449. The number of hydrogen-bond acceptors (Lipinski definition) is 8. The van der Waals surface area contributed by atoms with Gasteiger partial charge in [0.2, 0.25) is 5.95 Å². The molecular formula is C25H28N6O2. The minimum Gasteiger partial charge on any atom is -0.495 e. The van der Waals surface area contributed by atoms with E-state index in [0.29, 0.717) is 23.0 Å². The lowest BCUT2D eigenvalue weighted by atomic mass is 9.84. The van der Waals surface area contributed by atoms with Crippen LogP contribution in [0.2, 0.25) is 0 Å². The van der Waals surface area contributed by atoms with E-state index in [4.69, 9.17) is 19.1 Å². The molecule has 8 nitrogen and oxygen atoms in total. The number of aryl methyl sites for hydroxylation is 3. The summed E-state index contributed by atoms with van der Waals surface area (Å²) in [6.07, 6.45) is 1.84. The molecule has 1 saturated heterocycles. The van der Waals surface area contributed by atoms with E-state index in [1.807, 2.05) is 51.2 Å². The third-order valence-electron chi connectivity index (χ3n) is 5.84. The van der Waals surface area contributed by atoms with Crippen LogP contribution in [-0.4, -0.2) is 40.1 Å². The highest BCUT2D eigenvalue weighted by Gasteiger charge is 2.36. The molecule has 0 amide bonds. The fourth-order valence-electron chi connectivity index (χ4n) is 4.43. The van der Waals surface area contributed by atoms with E-state index in [-0.39, 0.29) is 0 Å². The van der Waals surface area contributed by atoms with E-state index < -0.39 is 0 Å². The maximum atomic E-state index is 5.64. The van der Waals surface area contributed by atoms with Gasteiger partial charge >= 0.3 is 0 Å². The Morgan fingerprint density at radius 3 is 2.52 bits per heavy atom. The molecule has 1 aliphatic rings. The third kappa shape index (κ3) is 3.97. The molecule has 1 N–H and O–H groups in total. The Kier molecular flexibility index (Phi) is 4.96. The molecule has 1 aromatic carbocycles. The number of oxazole rings is 1. The van der Waals surface area contributed by atoms with Gasteiger partial charge in [-0.25, -0.2) is 19.9 Å². The number of nitrogens with zero attached hydrogens (tertiary/aromatic N) is 5. The zero-order valence-electron chi connectivity index (χ0n) is 19.9. The van der Waals surface area contributed by atoms with Crippen molar-refractivity contribution in [1.29, 1.82) is 0 Å². The van der Waals surface area contributed by atoms with Crippen LogP contribution in [0.25, 0.3) is 22.2 Å². The van der Waals surface area contributed by atoms with Crippen molar-refractivity contribution in [3.05, 3.63) is 47.8 Å². The smallest absolute Gasteiger partial charge is 0.227 e. The number of rotatable bonds is 5. The first-order valence-electron chi connectivity index (χ1n) is 11.0. The van der Waals surface area contributed by atoms with Gasteiger partial charge in [0.1, 0.15) is 22.7 Å². The van der Waals surface area contributed by atoms with Crippen molar-refractivity contribution in [1.82, 2.24) is 19.9 Å². The molecule has 4 heterocycles. The second-order valence-electron chi connectivity index (χ2n) is 9.42. The Morgan fingerprint density at radius 1 is 1.06 bits per heavy atom. The SMILES string of the molecule is COc1cc(-c2nc(C)oc2C)ccc1Nc1ncc2cc(C)nc(N3CC(C)(C)C3)c2n1. The summed E-state index contributed by atoms with van der Waals surface area (Å²) in [5.74, 6) is 3.49. The van der Waals surface area contributed by atoms with Crippen LogP contribution >= 0.6 is 0 Å². The van der Waals surface area contributed by atoms with Crippen molar-refractivity contribution >= 4 is 28.4 Å². The van der Waals surface area contributed by atoms with Crippen LogP contribution in [0.1, 0.15) is 31.2 Å². The first-order valence-corrected chi connectivity index (χ1v) is 11.0. The number of pyridine rings is 1. The topological polar surface area (TPSA) is 89.2 Å². The fourth-order valence-corrected chi connectivity index (χ4v) is 4.43. The van der Waals surface area contributed by atoms with E-state index in [1.165, 1.54) is 0 Å². The van der Waals surface area contributed by atoms with Gasteiger partial charge in [0, 0.05) is 42.9 Å². The van der Waals surface area contributed by atoms with Crippen LogP contribution in [0.4, 0.5) is 17.5 Å². The summed E-state index contributed by atoms with van der Waals surface area (Å²) in [7, 11) is 1.64. The van der Waals surface area contributed by atoms with Gasteiger partial charge in [-0.05, 0) is 37.5 Å². The van der Waals surface area contributed by atoms with Gasteiger partial charge in [0.15, 0.2) is 11.7 Å². The average Bonchev–Trinajstić information content (AvgIpc) is 3.09. The second-order valence-corrected chi connectivity index (χ2v) is 9.42. The maximum absolute atomic E-state index is 5.64. The van der Waals surface area contributed by atoms with Crippen molar-refractivity contribution in [2.45, 2.75) is 34.6 Å². The molecule has 8 heteroatoms. The molecule has 0 aliphatic carbocycles. The number of ether oxygens (including phenoxy) is 1. The maximum Gasteiger partial charge on any atom is 0.227 e. The number of nitrogens with one attached hydrogen (secondary N) is 1. The number of methoxy groups -OCH3 is 1. The van der Waals surface area contributed by atoms with Gasteiger partial charge in [-0.3, -0.25) is 0 Å². The molecule has 0 radical (unpaired) electrons. The third-order valence-corrected chi connectivity index (χ3v) is 5.84. The Bertz CT molecular complexity index is 1350. The Hall–Kier alpha value is -3.68. The summed E-state index contributed by atoms with van der Waals surface area (Å²) in [5, 5.41) is 4.29. The van der Waals surface area contributed by atoms with Crippen molar-refractivity contribution in [2.24, 2.45) is 5.41 Å². The lowest BCUT2D eigenvalue weighted by Crippen LogP contribution is -2.53. The molecule has 1 aliphatic heterocycles. The molecule has 0 atom stereocenters. The molecule has 1 fully saturated rings. The van der Waals surface area contributed by atoms with Crippen molar-refractivity contribution in [3.63, 3.8) is 0 Å². The summed E-state index contributed by atoms with van der Waals surface area (Å²) in [6, 6.07) is 7.88. The predicted octanol–water partition coefficient (Wildman–Crippen LogP) is 5.20. The first-order chi connectivity index (χ1) is 15.7. The van der Waals surface area contributed by atoms with E-state index in [0.717, 1.165) is 58.2 Å². The Labute approximate surface area is 193 Å². The summed E-state index contributed by atoms with van der Waals surface area (Å²) in [4.78, 5) is 20.9. The highest BCUT2D eigenvalue weighted by molar-refractivity contribution is 5.90. The summed E-state index contributed by atoms with van der Waals surface area (Å²) in [5.41, 5.74) is 4.60. The number of anilines is 3. The molecular weight excluding hydrogens is 416 g/mol. The van der Waals surface area contributed by atoms with Crippen LogP contribution in [0, 0.1) is 26.2 Å². The molecule has 33 heavy (non-hydrogen) atoms. The van der Waals surface area contributed by atoms with Crippen LogP contribution in [-0.2, 0) is 0 Å². The average molecular weight is 445 g/mol. The molecule has 4 aromatic rings. The number of benzene rings is 1. The zero-order chi connectivity index (χ0) is 23.3. The monoisotopic (exact) mass is 444 g/mol. The Morgan fingerprint density at radius 2 is 1.85 bits per heavy atom. The second kappa shape index (κ2) is 7.72. The molecule has 5 rings (SSSR count). The summed E-state index contributed by atoms with van der Waals surface area (Å²) < 4.78 is 11.2. The molecule has 170 valence electrons. The summed E-state index contributed by atoms with van der Waals surface area (Å²) in [6.45, 7) is 12.2. The molecule has 0 bridgehead atoms. The zero-order valence-corrected chi connectivity index (χ0v) is 19.9. The van der Waals surface area contributed by atoms with Gasteiger partial charge in [0.05, 0.1) is 12.8 Å². The van der Waals surface area contributed by atoms with Gasteiger partial charge in [-0.2, -0.15) is 0 Å². The van der Waals surface area contributed by atoms with Gasteiger partial charge in [0.25, 0.3) is 0 Å². The highest BCUT2D eigenvalue weighted by Crippen LogP contribution is 2.37. The van der Waals surface area contributed by atoms with E-state index in [1.54, 1.807) is 7.11 Å². The molecule has 0 unspecified atom stereocenters. The van der Waals surface area contributed by atoms with Crippen molar-refractivity contribution in [3.8, 4) is 17.0 Å². The predicted molar refractivity (Wildman–Crippen MR) is 129 cm³/mol. The van der Waals surface area contributed by atoms with E-state index in [2.05, 4.69) is 34.0 Å². The van der Waals surface area contributed by atoms with E-state index >= 15 is 0 Å². The van der Waals surface area contributed by atoms with Crippen molar-refractivity contribution in [2.75, 3.05) is 30.4 Å². The first kappa shape index (κ1) is 21.2. The minimum atomic E-state index is 0.293. The fraction of sp³-hybridized carbons (Fsp3) is 0.360. The van der Waals surface area contributed by atoms with Crippen LogP contribution < -0.4 is 15.0 Å². The molecule has 3 aromatic heterocycles. The summed E-state index contributed by atoms with van der Waals surface area (Å²) >= 11 is 0. The van der Waals surface area contributed by atoms with Crippen LogP contribution in [0.5, 0.6) is 5.75 Å². The van der Waals surface area contributed by atoms with Crippen molar-refractivity contribution < 1.29 is 9.15 Å². The van der Waals surface area contributed by atoms with Gasteiger partial charge in [-0.15, -0.1) is 0 Å². The highest BCUT2D eigenvalue weighted by atomic mass is 16.5. The van der Waals surface area contributed by atoms with Gasteiger partial charge in [-0.1, -0.05) is 19.9 Å². The lowest BCUT2D eigenvalue weighted by Gasteiger charge is -2.46. The van der Waals surface area contributed by atoms with Crippen LogP contribution in [0.15, 0.2) is 34.9 Å². The standard InChI is InChI=1S/C25H28N6O2/c1-14-9-18-11-26-24(30-22(18)23(27-14)31-12-25(4,5)13-31)29-19-8-7-17(10-20(19)32-6)21-15(2)33-16(3)28-21/h7-11H,12-13H2,1-6H3,(H,26,29,30). The molecule has 0 saturated carbocycles. The minimum absolute atomic E-state index is 0.293. The number of aromatic nitrogens is 4. The van der Waals surface area contributed by atoms with Crippen LogP contribution in [0.3, 0.4) is 0 Å². The normalized spacial score (nSPS) is 14.9. The lowest BCUT2D eigenvalue weighted by molar-refractivity contribution is 0.275. The Balaban J connectivity index is 1.49. The number of hydrogen-bond donors (Lipinski definition) is 1. The van der Waals surface area contributed by atoms with E-state index in [9.17, 15) is 0 Å². The molecule has 0 spiro atoms. The van der Waals surface area contributed by atoms with Gasteiger partial charge < -0.3 is 19.4 Å². The number of fused-ring (bicyclic) bond motifs is 1.